The maximum Gasteiger partial charge on any atom is 0.240 e. The Labute approximate surface area is 165 Å². The third kappa shape index (κ3) is 4.67. The molecule has 0 aliphatic carbocycles. The van der Waals surface area contributed by atoms with Gasteiger partial charge >= 0.3 is 0 Å². The van der Waals surface area contributed by atoms with Crippen LogP contribution in [-0.2, 0) is 9.59 Å². The number of halogens is 2. The molecule has 140 valence electrons. The van der Waals surface area contributed by atoms with Crippen molar-refractivity contribution in [2.45, 2.75) is 25.5 Å². The fraction of sp³-hybridized carbons (Fsp3) is 0.211. The lowest BCUT2D eigenvalue weighted by atomic mass is 10.1. The minimum absolute atomic E-state index is 0.0305. The molecule has 1 saturated heterocycles. The first-order valence-electron chi connectivity index (χ1n) is 8.21. The van der Waals surface area contributed by atoms with Crippen LogP contribution in [0.15, 0.2) is 41.4 Å². The Balaban J connectivity index is 1.66. The van der Waals surface area contributed by atoms with Gasteiger partial charge in [-0.2, -0.15) is 0 Å². The van der Waals surface area contributed by atoms with Gasteiger partial charge in [0.15, 0.2) is 5.17 Å². The van der Waals surface area contributed by atoms with Crippen LogP contribution >= 0.6 is 23.4 Å². The number of amidine groups is 1. The quantitative estimate of drug-likeness (QED) is 0.794. The lowest BCUT2D eigenvalue weighted by molar-refractivity contribution is -0.122. The van der Waals surface area contributed by atoms with E-state index in [-0.39, 0.29) is 23.3 Å². The van der Waals surface area contributed by atoms with Crippen LogP contribution in [0, 0.1) is 19.7 Å². The minimum Gasteiger partial charge on any atom is -0.326 e. The molecule has 27 heavy (non-hydrogen) atoms. The molecule has 1 fully saturated rings. The van der Waals surface area contributed by atoms with Gasteiger partial charge in [0, 0.05) is 12.1 Å². The first-order chi connectivity index (χ1) is 12.8. The molecule has 1 aliphatic rings. The van der Waals surface area contributed by atoms with Crippen molar-refractivity contribution in [2.24, 2.45) is 4.99 Å². The molecule has 1 aliphatic heterocycles. The van der Waals surface area contributed by atoms with E-state index in [1.54, 1.807) is 0 Å². The SMILES string of the molecule is Cc1cccc(C)c1N=C1NC(=O)[C@@H](CC(=O)Nc2ccc(F)c(Cl)c2)S1. The predicted molar refractivity (Wildman–Crippen MR) is 107 cm³/mol. The summed E-state index contributed by atoms with van der Waals surface area (Å²) in [6.45, 7) is 3.90. The molecule has 2 aromatic carbocycles. The van der Waals surface area contributed by atoms with Gasteiger partial charge in [-0.3, -0.25) is 9.59 Å². The number of thioether (sulfide) groups is 1. The van der Waals surface area contributed by atoms with Crippen LogP contribution in [0.2, 0.25) is 5.02 Å². The lowest BCUT2D eigenvalue weighted by Gasteiger charge is -2.08. The fourth-order valence-electron chi connectivity index (χ4n) is 2.63. The Kier molecular flexibility index (Phi) is 5.82. The number of hydrogen-bond acceptors (Lipinski definition) is 4. The highest BCUT2D eigenvalue weighted by Crippen LogP contribution is 2.29. The van der Waals surface area contributed by atoms with Crippen molar-refractivity contribution < 1.29 is 14.0 Å². The summed E-state index contributed by atoms with van der Waals surface area (Å²) in [6, 6.07) is 9.76. The van der Waals surface area contributed by atoms with Crippen molar-refractivity contribution in [2.75, 3.05) is 5.32 Å². The van der Waals surface area contributed by atoms with Crippen LogP contribution in [0.25, 0.3) is 0 Å². The number of nitrogens with zero attached hydrogens (tertiary/aromatic N) is 1. The number of rotatable bonds is 4. The summed E-state index contributed by atoms with van der Waals surface area (Å²) in [7, 11) is 0. The fourth-order valence-corrected chi connectivity index (χ4v) is 3.78. The monoisotopic (exact) mass is 405 g/mol. The van der Waals surface area contributed by atoms with Gasteiger partial charge in [-0.1, -0.05) is 41.6 Å². The van der Waals surface area contributed by atoms with Gasteiger partial charge in [-0.15, -0.1) is 0 Å². The summed E-state index contributed by atoms with van der Waals surface area (Å²) >= 11 is 6.92. The topological polar surface area (TPSA) is 70.6 Å². The molecule has 0 aromatic heterocycles. The Morgan fingerprint density at radius 1 is 1.30 bits per heavy atom. The number of aryl methyl sites for hydroxylation is 2. The Morgan fingerprint density at radius 3 is 2.67 bits per heavy atom. The molecule has 2 aromatic rings. The van der Waals surface area contributed by atoms with Crippen molar-refractivity contribution in [1.29, 1.82) is 0 Å². The Morgan fingerprint density at radius 2 is 2.00 bits per heavy atom. The van der Waals surface area contributed by atoms with Crippen LogP contribution in [0.4, 0.5) is 15.8 Å². The van der Waals surface area contributed by atoms with E-state index < -0.39 is 11.1 Å². The number of carbonyl (C=O) groups excluding carboxylic acids is 2. The Hall–Kier alpha value is -2.38. The molecule has 1 atom stereocenters. The van der Waals surface area contributed by atoms with Crippen LogP contribution < -0.4 is 10.6 Å². The highest BCUT2D eigenvalue weighted by atomic mass is 35.5. The lowest BCUT2D eigenvalue weighted by Crippen LogP contribution is -2.28. The third-order valence-electron chi connectivity index (χ3n) is 4.00. The van der Waals surface area contributed by atoms with E-state index in [9.17, 15) is 14.0 Å². The number of para-hydroxylation sites is 1. The molecular formula is C19H17ClFN3O2S. The van der Waals surface area contributed by atoms with E-state index in [0.29, 0.717) is 10.9 Å². The van der Waals surface area contributed by atoms with Crippen LogP contribution in [0.3, 0.4) is 0 Å². The average Bonchev–Trinajstić information content (AvgIpc) is 2.94. The van der Waals surface area contributed by atoms with Crippen molar-refractivity contribution in [3.05, 3.63) is 58.4 Å². The second kappa shape index (κ2) is 8.10. The summed E-state index contributed by atoms with van der Waals surface area (Å²) in [5, 5.41) is 5.15. The maximum atomic E-state index is 13.2. The number of aliphatic imine (C=N–C) groups is 1. The highest BCUT2D eigenvalue weighted by molar-refractivity contribution is 8.15. The van der Waals surface area contributed by atoms with E-state index in [1.807, 2.05) is 32.0 Å². The molecule has 2 amide bonds. The predicted octanol–water partition coefficient (Wildman–Crippen LogP) is 4.34. The summed E-state index contributed by atoms with van der Waals surface area (Å²) < 4.78 is 13.2. The summed E-state index contributed by atoms with van der Waals surface area (Å²) in [6.07, 6.45) is -0.0305. The zero-order valence-electron chi connectivity index (χ0n) is 14.7. The zero-order valence-corrected chi connectivity index (χ0v) is 16.2. The smallest absolute Gasteiger partial charge is 0.240 e. The number of hydrogen-bond donors (Lipinski definition) is 2. The molecule has 8 heteroatoms. The largest absolute Gasteiger partial charge is 0.326 e. The molecule has 0 unspecified atom stereocenters. The van der Waals surface area contributed by atoms with Gasteiger partial charge < -0.3 is 10.6 Å². The second-order valence-electron chi connectivity index (χ2n) is 6.13. The standard InChI is InChI=1S/C19H17ClFN3O2S/c1-10-4-3-5-11(2)17(10)23-19-24-18(26)15(27-19)9-16(25)22-12-6-7-14(21)13(20)8-12/h3-8,15H,9H2,1-2H3,(H,22,25)(H,23,24,26)/t15-/m1/s1. The highest BCUT2D eigenvalue weighted by Gasteiger charge is 2.32. The number of nitrogens with one attached hydrogen (secondary N) is 2. The van der Waals surface area contributed by atoms with Crippen LogP contribution in [0.5, 0.6) is 0 Å². The van der Waals surface area contributed by atoms with Crippen molar-refractivity contribution in [1.82, 2.24) is 5.32 Å². The van der Waals surface area contributed by atoms with Gasteiger partial charge in [-0.05, 0) is 43.2 Å². The normalized spacial score (nSPS) is 17.9. The van der Waals surface area contributed by atoms with E-state index in [2.05, 4.69) is 15.6 Å². The van der Waals surface area contributed by atoms with E-state index in [1.165, 1.54) is 30.0 Å². The molecule has 3 rings (SSSR count). The van der Waals surface area contributed by atoms with Gasteiger partial charge in [-0.25, -0.2) is 9.38 Å². The van der Waals surface area contributed by atoms with Gasteiger partial charge in [0.05, 0.1) is 10.7 Å². The number of anilines is 1. The zero-order chi connectivity index (χ0) is 19.6. The van der Waals surface area contributed by atoms with E-state index >= 15 is 0 Å². The summed E-state index contributed by atoms with van der Waals surface area (Å²) in [4.78, 5) is 28.9. The van der Waals surface area contributed by atoms with Gasteiger partial charge in [0.25, 0.3) is 0 Å². The first kappa shape index (κ1) is 19.4. The van der Waals surface area contributed by atoms with Crippen LogP contribution in [-0.4, -0.2) is 22.2 Å². The summed E-state index contributed by atoms with van der Waals surface area (Å²) in [5.41, 5.74) is 3.20. The number of benzene rings is 2. The molecule has 1 heterocycles. The van der Waals surface area contributed by atoms with Gasteiger partial charge in [0.2, 0.25) is 11.8 Å². The summed E-state index contributed by atoms with van der Waals surface area (Å²) in [5.74, 6) is -1.19. The third-order valence-corrected chi connectivity index (χ3v) is 5.37. The van der Waals surface area contributed by atoms with E-state index in [0.717, 1.165) is 16.8 Å². The number of carbonyl (C=O) groups is 2. The molecule has 0 radical (unpaired) electrons. The second-order valence-corrected chi connectivity index (χ2v) is 7.73. The van der Waals surface area contributed by atoms with E-state index in [4.69, 9.17) is 11.6 Å². The Bertz CT molecular complexity index is 928. The van der Waals surface area contributed by atoms with Gasteiger partial charge in [0.1, 0.15) is 11.1 Å². The van der Waals surface area contributed by atoms with Crippen molar-refractivity contribution >= 4 is 51.7 Å². The molecule has 0 bridgehead atoms. The molecule has 2 N–H and O–H groups in total. The minimum atomic E-state index is -0.580. The van der Waals surface area contributed by atoms with Crippen molar-refractivity contribution in [3.63, 3.8) is 0 Å². The molecule has 5 nitrogen and oxygen atoms in total. The van der Waals surface area contributed by atoms with Crippen molar-refractivity contribution in [3.8, 4) is 0 Å². The first-order valence-corrected chi connectivity index (χ1v) is 9.46. The van der Waals surface area contributed by atoms with Crippen LogP contribution in [0.1, 0.15) is 17.5 Å². The molecular weight excluding hydrogens is 389 g/mol. The maximum absolute atomic E-state index is 13.2. The average molecular weight is 406 g/mol. The molecule has 0 saturated carbocycles. The number of amides is 2. The molecule has 0 spiro atoms.